The van der Waals surface area contributed by atoms with Crippen molar-refractivity contribution in [3.8, 4) is 5.75 Å². The molecule has 5 nitrogen and oxygen atoms in total. The van der Waals surface area contributed by atoms with Gasteiger partial charge in [0.1, 0.15) is 11.3 Å². The second kappa shape index (κ2) is 6.96. The van der Waals surface area contributed by atoms with Crippen LogP contribution in [-0.4, -0.2) is 33.3 Å². The summed E-state index contributed by atoms with van der Waals surface area (Å²) < 4.78 is 15.5. The summed E-state index contributed by atoms with van der Waals surface area (Å²) in [4.78, 5) is 11.8. The van der Waals surface area contributed by atoms with Gasteiger partial charge < -0.3 is 19.2 Å². The molecule has 0 atom stereocenters. The third-order valence-corrected chi connectivity index (χ3v) is 3.06. The third-order valence-electron chi connectivity index (χ3n) is 3.06. The van der Waals surface area contributed by atoms with Crippen molar-refractivity contribution in [3.63, 3.8) is 0 Å². The fourth-order valence-electron chi connectivity index (χ4n) is 2.01. The molecular weight excluding hydrogens is 258 g/mol. The predicted molar refractivity (Wildman–Crippen MR) is 76.0 cm³/mol. The second-order valence-electron chi connectivity index (χ2n) is 4.50. The summed E-state index contributed by atoms with van der Waals surface area (Å²) in [6.45, 7) is 1.27. The molecule has 20 heavy (non-hydrogen) atoms. The fourth-order valence-corrected chi connectivity index (χ4v) is 2.01. The number of amides is 1. The summed E-state index contributed by atoms with van der Waals surface area (Å²) in [5, 5.41) is 3.80. The lowest BCUT2D eigenvalue weighted by Crippen LogP contribution is -2.26. The molecule has 0 spiro atoms. The summed E-state index contributed by atoms with van der Waals surface area (Å²) >= 11 is 0. The first-order valence-corrected chi connectivity index (χ1v) is 6.54. The smallest absolute Gasteiger partial charge is 0.224 e. The van der Waals surface area contributed by atoms with Gasteiger partial charge in [-0.3, -0.25) is 4.79 Å². The van der Waals surface area contributed by atoms with E-state index in [2.05, 4.69) is 5.32 Å². The van der Waals surface area contributed by atoms with Crippen LogP contribution < -0.4 is 10.1 Å². The van der Waals surface area contributed by atoms with Crippen molar-refractivity contribution in [3.05, 3.63) is 30.0 Å². The van der Waals surface area contributed by atoms with Crippen molar-refractivity contribution in [2.75, 3.05) is 27.4 Å². The Morgan fingerprint density at radius 3 is 2.95 bits per heavy atom. The molecule has 1 aromatic carbocycles. The van der Waals surface area contributed by atoms with Crippen molar-refractivity contribution >= 4 is 16.9 Å². The van der Waals surface area contributed by atoms with Crippen LogP contribution >= 0.6 is 0 Å². The molecule has 1 amide bonds. The van der Waals surface area contributed by atoms with E-state index in [1.807, 2.05) is 18.2 Å². The van der Waals surface area contributed by atoms with Crippen LogP contribution in [0.25, 0.3) is 11.0 Å². The van der Waals surface area contributed by atoms with E-state index in [1.54, 1.807) is 20.5 Å². The zero-order valence-corrected chi connectivity index (χ0v) is 11.8. The van der Waals surface area contributed by atoms with Crippen LogP contribution in [0.5, 0.6) is 5.75 Å². The first kappa shape index (κ1) is 14.4. The summed E-state index contributed by atoms with van der Waals surface area (Å²) in [6, 6.07) is 5.58. The monoisotopic (exact) mass is 277 g/mol. The van der Waals surface area contributed by atoms with E-state index in [4.69, 9.17) is 13.9 Å². The van der Waals surface area contributed by atoms with Crippen LogP contribution in [0, 0.1) is 0 Å². The Morgan fingerprint density at radius 1 is 1.35 bits per heavy atom. The van der Waals surface area contributed by atoms with Gasteiger partial charge in [-0.25, -0.2) is 0 Å². The topological polar surface area (TPSA) is 60.7 Å². The molecule has 5 heteroatoms. The Morgan fingerprint density at radius 2 is 2.20 bits per heavy atom. The van der Waals surface area contributed by atoms with Gasteiger partial charge in [-0.05, 0) is 18.6 Å². The number of furan rings is 1. The lowest BCUT2D eigenvalue weighted by atomic mass is 10.1. The Labute approximate surface area is 117 Å². The van der Waals surface area contributed by atoms with Crippen molar-refractivity contribution in [1.29, 1.82) is 0 Å². The van der Waals surface area contributed by atoms with Gasteiger partial charge in [-0.2, -0.15) is 0 Å². The maximum atomic E-state index is 11.8. The molecule has 0 aliphatic carbocycles. The van der Waals surface area contributed by atoms with Crippen LogP contribution in [-0.2, 0) is 16.0 Å². The van der Waals surface area contributed by atoms with Crippen LogP contribution in [0.2, 0.25) is 0 Å². The highest BCUT2D eigenvalue weighted by Gasteiger charge is 2.10. The number of ether oxygens (including phenoxy) is 2. The highest BCUT2D eigenvalue weighted by atomic mass is 16.5. The van der Waals surface area contributed by atoms with E-state index < -0.39 is 0 Å². The number of benzene rings is 1. The van der Waals surface area contributed by atoms with Crippen LogP contribution in [0.15, 0.2) is 28.9 Å². The normalized spacial score (nSPS) is 10.7. The Hall–Kier alpha value is -2.01. The van der Waals surface area contributed by atoms with E-state index in [1.165, 1.54) is 0 Å². The van der Waals surface area contributed by atoms with Crippen LogP contribution in [0.4, 0.5) is 0 Å². The molecule has 0 saturated carbocycles. The first-order chi connectivity index (χ1) is 9.74. The molecule has 0 aliphatic heterocycles. The molecule has 2 aromatic rings. The molecule has 0 radical (unpaired) electrons. The Kier molecular flexibility index (Phi) is 5.01. The molecule has 0 aliphatic rings. The minimum atomic E-state index is -0.0142. The number of hydrogen-bond donors (Lipinski definition) is 1. The molecule has 1 heterocycles. The van der Waals surface area contributed by atoms with Gasteiger partial charge in [0, 0.05) is 37.3 Å². The van der Waals surface area contributed by atoms with Gasteiger partial charge in [-0.1, -0.05) is 0 Å². The van der Waals surface area contributed by atoms with Gasteiger partial charge in [0.2, 0.25) is 5.91 Å². The standard InChI is InChI=1S/C15H19NO4/c1-18-7-3-6-16-15(17)8-11-10-20-14-9-12(19-2)4-5-13(11)14/h4-5,9-10H,3,6-8H2,1-2H3,(H,16,17). The second-order valence-corrected chi connectivity index (χ2v) is 4.50. The first-order valence-electron chi connectivity index (χ1n) is 6.54. The highest BCUT2D eigenvalue weighted by Crippen LogP contribution is 2.25. The fraction of sp³-hybridized carbons (Fsp3) is 0.400. The van der Waals surface area contributed by atoms with Crippen molar-refractivity contribution in [1.82, 2.24) is 5.32 Å². The van der Waals surface area contributed by atoms with E-state index in [0.29, 0.717) is 19.6 Å². The average Bonchev–Trinajstić information content (AvgIpc) is 2.86. The lowest BCUT2D eigenvalue weighted by Gasteiger charge is -2.04. The van der Waals surface area contributed by atoms with Crippen LogP contribution in [0.1, 0.15) is 12.0 Å². The van der Waals surface area contributed by atoms with Gasteiger partial charge in [-0.15, -0.1) is 0 Å². The van der Waals surface area contributed by atoms with Crippen molar-refractivity contribution < 1.29 is 18.7 Å². The highest BCUT2D eigenvalue weighted by molar-refractivity contribution is 5.88. The SMILES string of the molecule is COCCCNC(=O)Cc1coc2cc(OC)ccc12. The van der Waals surface area contributed by atoms with Gasteiger partial charge in [0.15, 0.2) is 0 Å². The Bertz CT molecular complexity index is 576. The zero-order chi connectivity index (χ0) is 14.4. The largest absolute Gasteiger partial charge is 0.497 e. The van der Waals surface area contributed by atoms with E-state index in [-0.39, 0.29) is 5.91 Å². The summed E-state index contributed by atoms with van der Waals surface area (Å²) in [7, 11) is 3.26. The molecule has 108 valence electrons. The number of carbonyl (C=O) groups excluding carboxylic acids is 1. The molecule has 0 unspecified atom stereocenters. The zero-order valence-electron chi connectivity index (χ0n) is 11.8. The molecule has 0 bridgehead atoms. The number of fused-ring (bicyclic) bond motifs is 1. The molecule has 0 saturated heterocycles. The summed E-state index contributed by atoms with van der Waals surface area (Å²) in [5.41, 5.74) is 1.61. The predicted octanol–water partition coefficient (Wildman–Crippen LogP) is 2.14. The maximum absolute atomic E-state index is 11.8. The molecule has 0 fully saturated rings. The number of nitrogens with one attached hydrogen (secondary N) is 1. The lowest BCUT2D eigenvalue weighted by molar-refractivity contribution is -0.120. The minimum Gasteiger partial charge on any atom is -0.497 e. The quantitative estimate of drug-likeness (QED) is 0.788. The molecule has 2 rings (SSSR count). The van der Waals surface area contributed by atoms with Gasteiger partial charge >= 0.3 is 0 Å². The molecule has 1 N–H and O–H groups in total. The molecule has 1 aromatic heterocycles. The number of carbonyl (C=O) groups is 1. The van der Waals surface area contributed by atoms with Gasteiger partial charge in [0.05, 0.1) is 19.8 Å². The van der Waals surface area contributed by atoms with Crippen molar-refractivity contribution in [2.24, 2.45) is 0 Å². The molecular formula is C15H19NO4. The van der Waals surface area contributed by atoms with E-state index >= 15 is 0 Å². The maximum Gasteiger partial charge on any atom is 0.224 e. The number of rotatable bonds is 7. The van der Waals surface area contributed by atoms with Crippen LogP contribution in [0.3, 0.4) is 0 Å². The van der Waals surface area contributed by atoms with Gasteiger partial charge in [0.25, 0.3) is 0 Å². The number of hydrogen-bond acceptors (Lipinski definition) is 4. The minimum absolute atomic E-state index is 0.0142. The summed E-state index contributed by atoms with van der Waals surface area (Å²) in [5.74, 6) is 0.724. The summed E-state index contributed by atoms with van der Waals surface area (Å²) in [6.07, 6.45) is 2.75. The average molecular weight is 277 g/mol. The van der Waals surface area contributed by atoms with E-state index in [0.717, 1.165) is 28.7 Å². The third kappa shape index (κ3) is 3.51. The number of methoxy groups -OCH3 is 2. The van der Waals surface area contributed by atoms with Crippen molar-refractivity contribution in [2.45, 2.75) is 12.8 Å². The Balaban J connectivity index is 1.97. The van der Waals surface area contributed by atoms with E-state index in [9.17, 15) is 4.79 Å².